The molecule has 0 bridgehead atoms. The Hall–Kier alpha value is -3.76. The fraction of sp³-hybridized carbons (Fsp3) is 0.333. The highest BCUT2D eigenvalue weighted by Crippen LogP contribution is 2.29. The minimum absolute atomic E-state index is 0.0595. The quantitative estimate of drug-likeness (QED) is 0.398. The molecule has 2 rings (SSSR count). The van der Waals surface area contributed by atoms with Crippen LogP contribution in [-0.2, 0) is 16.1 Å². The Kier molecular flexibility index (Phi) is 7.01. The van der Waals surface area contributed by atoms with Crippen LogP contribution in [-0.4, -0.2) is 39.8 Å². The van der Waals surface area contributed by atoms with Gasteiger partial charge in [0.2, 0.25) is 0 Å². The number of amides is 1. The number of esters is 1. The number of carbonyl (C=O) groups is 2. The summed E-state index contributed by atoms with van der Waals surface area (Å²) in [6, 6.07) is 6.11. The number of benzene rings is 1. The number of methoxy groups -OCH3 is 1. The van der Waals surface area contributed by atoms with E-state index in [1.165, 1.54) is 38.3 Å². The van der Waals surface area contributed by atoms with Crippen molar-refractivity contribution in [2.45, 2.75) is 32.9 Å². The summed E-state index contributed by atoms with van der Waals surface area (Å²) in [6.45, 7) is 3.52. The molecular weight excluding hydrogens is 384 g/mol. The Morgan fingerprint density at radius 3 is 2.66 bits per heavy atom. The van der Waals surface area contributed by atoms with Gasteiger partial charge in [0.05, 0.1) is 17.7 Å². The molecule has 2 aromatic rings. The molecular formula is C18H20N4O7. The van der Waals surface area contributed by atoms with Crippen LogP contribution >= 0.6 is 0 Å². The number of nitro benzene ring substituents is 1. The van der Waals surface area contributed by atoms with Gasteiger partial charge in [-0.3, -0.25) is 19.7 Å². The van der Waals surface area contributed by atoms with Crippen LogP contribution in [0.15, 0.2) is 35.1 Å². The molecule has 0 aliphatic heterocycles. The fourth-order valence-corrected chi connectivity index (χ4v) is 2.35. The summed E-state index contributed by atoms with van der Waals surface area (Å²) >= 11 is 0. The average Bonchev–Trinajstić information content (AvgIpc) is 2.69. The first kappa shape index (κ1) is 21.5. The molecule has 0 fully saturated rings. The maximum atomic E-state index is 12.4. The van der Waals surface area contributed by atoms with Gasteiger partial charge in [-0.05, 0) is 25.5 Å². The van der Waals surface area contributed by atoms with Crippen molar-refractivity contribution in [3.8, 4) is 5.75 Å². The summed E-state index contributed by atoms with van der Waals surface area (Å²) in [5.74, 6) is -1.40. The molecule has 154 valence electrons. The number of carbonyl (C=O) groups excluding carboxylic acids is 2. The van der Waals surface area contributed by atoms with Gasteiger partial charge in [-0.1, -0.05) is 6.92 Å². The van der Waals surface area contributed by atoms with Gasteiger partial charge in [-0.15, -0.1) is 0 Å². The van der Waals surface area contributed by atoms with Gasteiger partial charge in [-0.25, -0.2) is 9.48 Å². The lowest BCUT2D eigenvalue weighted by Gasteiger charge is -2.15. The second kappa shape index (κ2) is 9.44. The number of aromatic nitrogens is 2. The molecule has 0 saturated heterocycles. The number of rotatable bonds is 8. The fourth-order valence-electron chi connectivity index (χ4n) is 2.35. The topological polar surface area (TPSA) is 143 Å². The van der Waals surface area contributed by atoms with E-state index in [-0.39, 0.29) is 28.4 Å². The Balaban J connectivity index is 2.12. The zero-order valence-corrected chi connectivity index (χ0v) is 16.1. The standard InChI is InChI=1S/C18H20N4O7/c1-4-9-21-16(23)8-6-13(20-21)18(25)29-11(2)17(24)19-14-10-12(22(26)27)5-7-15(14)28-3/h5-8,10-11H,4,9H2,1-3H3,(H,19,24). The van der Waals surface area contributed by atoms with E-state index >= 15 is 0 Å². The molecule has 1 amide bonds. The van der Waals surface area contributed by atoms with Crippen LogP contribution in [0.5, 0.6) is 5.75 Å². The van der Waals surface area contributed by atoms with Crippen molar-refractivity contribution >= 4 is 23.3 Å². The number of hydrogen-bond donors (Lipinski definition) is 1. The van der Waals surface area contributed by atoms with Gasteiger partial charge in [0.25, 0.3) is 17.2 Å². The predicted molar refractivity (Wildman–Crippen MR) is 102 cm³/mol. The monoisotopic (exact) mass is 404 g/mol. The number of ether oxygens (including phenoxy) is 2. The Labute approximate surface area is 165 Å². The number of nitrogens with zero attached hydrogens (tertiary/aromatic N) is 3. The summed E-state index contributed by atoms with van der Waals surface area (Å²) in [6.07, 6.45) is -0.588. The van der Waals surface area contributed by atoms with Crippen LogP contribution < -0.4 is 15.6 Å². The van der Waals surface area contributed by atoms with Crippen molar-refractivity contribution in [1.29, 1.82) is 0 Å². The average molecular weight is 404 g/mol. The van der Waals surface area contributed by atoms with Crippen LogP contribution in [0.2, 0.25) is 0 Å². The molecule has 11 heteroatoms. The molecule has 1 aromatic carbocycles. The van der Waals surface area contributed by atoms with Crippen molar-refractivity contribution in [3.05, 3.63) is 56.5 Å². The van der Waals surface area contributed by atoms with Crippen LogP contribution in [0, 0.1) is 10.1 Å². The van der Waals surface area contributed by atoms with Gasteiger partial charge in [0, 0.05) is 24.7 Å². The summed E-state index contributed by atoms with van der Waals surface area (Å²) in [4.78, 5) is 46.6. The van der Waals surface area contributed by atoms with E-state index in [0.29, 0.717) is 13.0 Å². The molecule has 0 aliphatic rings. The highest BCUT2D eigenvalue weighted by molar-refractivity contribution is 5.98. The largest absolute Gasteiger partial charge is 0.495 e. The Bertz CT molecular complexity index is 986. The molecule has 0 spiro atoms. The Morgan fingerprint density at radius 1 is 1.31 bits per heavy atom. The van der Waals surface area contributed by atoms with Gasteiger partial charge >= 0.3 is 5.97 Å². The zero-order valence-electron chi connectivity index (χ0n) is 16.1. The minimum Gasteiger partial charge on any atom is -0.495 e. The third-order valence-electron chi connectivity index (χ3n) is 3.82. The third kappa shape index (κ3) is 5.37. The molecule has 0 aliphatic carbocycles. The SMILES string of the molecule is CCCn1nc(C(=O)OC(C)C(=O)Nc2cc([N+](=O)[O-])ccc2OC)ccc1=O. The number of hydrogen-bond acceptors (Lipinski definition) is 8. The number of aryl methyl sites for hydroxylation is 1. The smallest absolute Gasteiger partial charge is 0.359 e. The number of nitro groups is 1. The van der Waals surface area contributed by atoms with Crippen LogP contribution in [0.25, 0.3) is 0 Å². The van der Waals surface area contributed by atoms with Gasteiger partial charge in [-0.2, -0.15) is 5.10 Å². The molecule has 29 heavy (non-hydrogen) atoms. The molecule has 1 heterocycles. The van der Waals surface area contributed by atoms with Gasteiger partial charge in [0.1, 0.15) is 5.75 Å². The van der Waals surface area contributed by atoms with E-state index < -0.39 is 22.9 Å². The van der Waals surface area contributed by atoms with Crippen LogP contribution in [0.4, 0.5) is 11.4 Å². The lowest BCUT2D eigenvalue weighted by Crippen LogP contribution is -2.31. The van der Waals surface area contributed by atoms with Crippen molar-refractivity contribution in [2.24, 2.45) is 0 Å². The normalized spacial score (nSPS) is 11.4. The van der Waals surface area contributed by atoms with Gasteiger partial charge < -0.3 is 14.8 Å². The third-order valence-corrected chi connectivity index (χ3v) is 3.82. The molecule has 1 aromatic heterocycles. The zero-order chi connectivity index (χ0) is 21.6. The van der Waals surface area contributed by atoms with Crippen molar-refractivity contribution in [1.82, 2.24) is 9.78 Å². The number of non-ortho nitro benzene ring substituents is 1. The second-order valence-corrected chi connectivity index (χ2v) is 5.96. The molecule has 11 nitrogen and oxygen atoms in total. The maximum absolute atomic E-state index is 12.4. The highest BCUT2D eigenvalue weighted by Gasteiger charge is 2.22. The second-order valence-electron chi connectivity index (χ2n) is 5.96. The van der Waals surface area contributed by atoms with E-state index in [4.69, 9.17) is 9.47 Å². The number of anilines is 1. The van der Waals surface area contributed by atoms with E-state index in [9.17, 15) is 24.5 Å². The summed E-state index contributed by atoms with van der Waals surface area (Å²) in [7, 11) is 1.34. The predicted octanol–water partition coefficient (Wildman–Crippen LogP) is 1.75. The van der Waals surface area contributed by atoms with E-state index in [2.05, 4.69) is 10.4 Å². The molecule has 1 N–H and O–H groups in total. The molecule has 1 atom stereocenters. The molecule has 1 unspecified atom stereocenters. The molecule has 0 radical (unpaired) electrons. The number of nitrogens with one attached hydrogen (secondary N) is 1. The van der Waals surface area contributed by atoms with Gasteiger partial charge in [0.15, 0.2) is 11.8 Å². The van der Waals surface area contributed by atoms with E-state index in [0.717, 1.165) is 10.7 Å². The summed E-state index contributed by atoms with van der Waals surface area (Å²) in [5, 5.41) is 17.3. The van der Waals surface area contributed by atoms with Crippen molar-refractivity contribution in [3.63, 3.8) is 0 Å². The van der Waals surface area contributed by atoms with E-state index in [1.807, 2.05) is 6.92 Å². The lowest BCUT2D eigenvalue weighted by atomic mass is 10.2. The summed E-state index contributed by atoms with van der Waals surface area (Å²) in [5.41, 5.74) is -0.657. The van der Waals surface area contributed by atoms with Crippen LogP contribution in [0.1, 0.15) is 30.8 Å². The first-order valence-electron chi connectivity index (χ1n) is 8.69. The highest BCUT2D eigenvalue weighted by atomic mass is 16.6. The minimum atomic E-state index is -1.24. The maximum Gasteiger partial charge on any atom is 0.359 e. The van der Waals surface area contributed by atoms with E-state index in [1.54, 1.807) is 0 Å². The van der Waals surface area contributed by atoms with Crippen LogP contribution in [0.3, 0.4) is 0 Å². The van der Waals surface area contributed by atoms with Crippen molar-refractivity contribution in [2.75, 3.05) is 12.4 Å². The molecule has 0 saturated carbocycles. The lowest BCUT2D eigenvalue weighted by molar-refractivity contribution is -0.384. The summed E-state index contributed by atoms with van der Waals surface area (Å²) < 4.78 is 11.3. The Morgan fingerprint density at radius 2 is 2.03 bits per heavy atom. The van der Waals surface area contributed by atoms with Crippen molar-refractivity contribution < 1.29 is 24.0 Å². The first-order chi connectivity index (χ1) is 13.8. The first-order valence-corrected chi connectivity index (χ1v) is 8.69.